The van der Waals surface area contributed by atoms with E-state index in [1.165, 1.54) is 0 Å². The van der Waals surface area contributed by atoms with Crippen LogP contribution in [0, 0.1) is 0 Å². The molecule has 0 aliphatic rings. The molecule has 0 radical (unpaired) electrons. The van der Waals surface area contributed by atoms with Crippen molar-refractivity contribution >= 4 is 33.2 Å². The third-order valence-corrected chi connectivity index (χ3v) is 3.45. The van der Waals surface area contributed by atoms with Crippen molar-refractivity contribution in [2.75, 3.05) is 5.32 Å². The average molecular weight is 315 g/mol. The topological polar surface area (TPSA) is 25.2 Å². The quantitative estimate of drug-likeness (QED) is 0.833. The molecule has 1 heterocycles. The number of furan rings is 1. The largest absolute Gasteiger partial charge is 0.467 e. The van der Waals surface area contributed by atoms with E-state index in [0.717, 1.165) is 22.3 Å². The Morgan fingerprint density at radius 1 is 1.41 bits per heavy atom. The molecule has 0 aliphatic carbocycles. The molecule has 0 aliphatic heterocycles. The first-order valence-electron chi connectivity index (χ1n) is 5.45. The second kappa shape index (κ2) is 5.61. The third kappa shape index (κ3) is 3.05. The maximum atomic E-state index is 5.91. The molecule has 2 nitrogen and oxygen atoms in total. The van der Waals surface area contributed by atoms with Gasteiger partial charge in [0.25, 0.3) is 0 Å². The minimum atomic E-state index is 0.169. The zero-order valence-corrected chi connectivity index (χ0v) is 11.8. The van der Waals surface area contributed by atoms with Gasteiger partial charge in [-0.15, -0.1) is 0 Å². The molecular weight excluding hydrogens is 302 g/mol. The lowest BCUT2D eigenvalue weighted by molar-refractivity contribution is 0.474. The molecule has 17 heavy (non-hydrogen) atoms. The van der Waals surface area contributed by atoms with E-state index in [1.54, 1.807) is 6.26 Å². The smallest absolute Gasteiger partial charge is 0.125 e. The lowest BCUT2D eigenvalue weighted by Crippen LogP contribution is -2.09. The van der Waals surface area contributed by atoms with Crippen LogP contribution in [-0.4, -0.2) is 0 Å². The van der Waals surface area contributed by atoms with Crippen molar-refractivity contribution in [3.8, 4) is 0 Å². The van der Waals surface area contributed by atoms with E-state index in [9.17, 15) is 0 Å². The monoisotopic (exact) mass is 313 g/mol. The van der Waals surface area contributed by atoms with E-state index >= 15 is 0 Å². The second-order valence-electron chi connectivity index (χ2n) is 3.74. The van der Waals surface area contributed by atoms with Crippen molar-refractivity contribution in [1.82, 2.24) is 0 Å². The number of hydrogen-bond acceptors (Lipinski definition) is 2. The number of hydrogen-bond donors (Lipinski definition) is 1. The molecular formula is C13H13BrClNO. The average Bonchev–Trinajstić information content (AvgIpc) is 2.81. The molecule has 4 heteroatoms. The maximum Gasteiger partial charge on any atom is 0.125 e. The molecule has 2 rings (SSSR count). The van der Waals surface area contributed by atoms with Crippen LogP contribution < -0.4 is 5.32 Å². The van der Waals surface area contributed by atoms with Crippen molar-refractivity contribution < 1.29 is 4.42 Å². The van der Waals surface area contributed by atoms with E-state index < -0.39 is 0 Å². The number of nitrogens with one attached hydrogen (secondary N) is 1. The summed E-state index contributed by atoms with van der Waals surface area (Å²) in [5, 5.41) is 4.14. The van der Waals surface area contributed by atoms with Gasteiger partial charge >= 0.3 is 0 Å². The highest BCUT2D eigenvalue weighted by Gasteiger charge is 2.13. The summed E-state index contributed by atoms with van der Waals surface area (Å²) in [6.45, 7) is 2.12. The third-order valence-electron chi connectivity index (χ3n) is 2.56. The minimum Gasteiger partial charge on any atom is -0.467 e. The molecule has 1 unspecified atom stereocenters. The molecule has 0 spiro atoms. The molecule has 1 aromatic carbocycles. The van der Waals surface area contributed by atoms with Gasteiger partial charge in [0.1, 0.15) is 5.76 Å². The summed E-state index contributed by atoms with van der Waals surface area (Å²) in [6.07, 6.45) is 2.64. The fourth-order valence-corrected chi connectivity index (χ4v) is 2.46. The number of anilines is 1. The first-order valence-corrected chi connectivity index (χ1v) is 6.62. The Morgan fingerprint density at radius 2 is 2.24 bits per heavy atom. The zero-order chi connectivity index (χ0) is 12.3. The summed E-state index contributed by atoms with van der Waals surface area (Å²) in [6, 6.07) is 9.74. The van der Waals surface area contributed by atoms with Crippen molar-refractivity contribution in [3.63, 3.8) is 0 Å². The zero-order valence-electron chi connectivity index (χ0n) is 9.41. The van der Waals surface area contributed by atoms with E-state index in [1.807, 2.05) is 30.3 Å². The fourth-order valence-electron chi connectivity index (χ4n) is 1.66. The van der Waals surface area contributed by atoms with Crippen LogP contribution in [0.1, 0.15) is 25.1 Å². The Kier molecular flexibility index (Phi) is 4.13. The number of rotatable bonds is 4. The summed E-state index contributed by atoms with van der Waals surface area (Å²) in [4.78, 5) is 0. The SMILES string of the molecule is CCC(Nc1ccc(Cl)cc1Br)c1ccco1. The lowest BCUT2D eigenvalue weighted by atomic mass is 10.1. The van der Waals surface area contributed by atoms with Crippen LogP contribution in [0.25, 0.3) is 0 Å². The molecule has 0 saturated heterocycles. The van der Waals surface area contributed by atoms with Gasteiger partial charge < -0.3 is 9.73 Å². The Balaban J connectivity index is 2.19. The van der Waals surface area contributed by atoms with E-state index in [4.69, 9.17) is 16.0 Å². The van der Waals surface area contributed by atoms with Gasteiger partial charge in [0.15, 0.2) is 0 Å². The van der Waals surface area contributed by atoms with Gasteiger partial charge in [-0.3, -0.25) is 0 Å². The second-order valence-corrected chi connectivity index (χ2v) is 5.04. The lowest BCUT2D eigenvalue weighted by Gasteiger charge is -2.17. The Bertz CT molecular complexity index is 484. The summed E-state index contributed by atoms with van der Waals surface area (Å²) in [5.41, 5.74) is 1.01. The van der Waals surface area contributed by atoms with E-state index in [2.05, 4.69) is 28.2 Å². The Morgan fingerprint density at radius 3 is 2.82 bits per heavy atom. The fraction of sp³-hybridized carbons (Fsp3) is 0.231. The molecule has 0 fully saturated rings. The first kappa shape index (κ1) is 12.5. The van der Waals surface area contributed by atoms with E-state index in [-0.39, 0.29) is 6.04 Å². The predicted molar refractivity (Wildman–Crippen MR) is 74.5 cm³/mol. The van der Waals surface area contributed by atoms with Crippen LogP contribution in [-0.2, 0) is 0 Å². The highest BCUT2D eigenvalue weighted by molar-refractivity contribution is 9.10. The minimum absolute atomic E-state index is 0.169. The molecule has 1 atom stereocenters. The highest BCUT2D eigenvalue weighted by Crippen LogP contribution is 2.30. The molecule has 0 saturated carbocycles. The highest BCUT2D eigenvalue weighted by atomic mass is 79.9. The van der Waals surface area contributed by atoms with Crippen LogP contribution in [0.3, 0.4) is 0 Å². The summed E-state index contributed by atoms with van der Waals surface area (Å²) in [7, 11) is 0. The van der Waals surface area contributed by atoms with Crippen molar-refractivity contribution in [3.05, 3.63) is 51.9 Å². The van der Waals surface area contributed by atoms with Gasteiger partial charge in [0, 0.05) is 15.2 Å². The van der Waals surface area contributed by atoms with Gasteiger partial charge in [-0.25, -0.2) is 0 Å². The standard InChI is InChI=1S/C13H13BrClNO/c1-2-11(13-4-3-7-17-13)16-12-6-5-9(15)8-10(12)14/h3-8,11,16H,2H2,1H3. The molecule has 0 bridgehead atoms. The van der Waals surface area contributed by atoms with Crippen LogP contribution in [0.4, 0.5) is 5.69 Å². The van der Waals surface area contributed by atoms with Crippen molar-refractivity contribution in [2.45, 2.75) is 19.4 Å². The molecule has 1 N–H and O–H groups in total. The maximum absolute atomic E-state index is 5.91. The summed E-state index contributed by atoms with van der Waals surface area (Å²) < 4.78 is 6.37. The summed E-state index contributed by atoms with van der Waals surface area (Å²) in [5.74, 6) is 0.939. The normalized spacial score (nSPS) is 12.4. The molecule has 90 valence electrons. The molecule has 1 aromatic heterocycles. The first-order chi connectivity index (χ1) is 8.20. The van der Waals surface area contributed by atoms with Gasteiger partial charge in [-0.1, -0.05) is 18.5 Å². The van der Waals surface area contributed by atoms with Gasteiger partial charge in [0.2, 0.25) is 0 Å². The molecule has 2 aromatic rings. The number of halogens is 2. The van der Waals surface area contributed by atoms with Gasteiger partial charge in [-0.05, 0) is 52.7 Å². The summed E-state index contributed by atoms with van der Waals surface area (Å²) >= 11 is 9.40. The van der Waals surface area contributed by atoms with Gasteiger partial charge in [-0.2, -0.15) is 0 Å². The van der Waals surface area contributed by atoms with Crippen LogP contribution >= 0.6 is 27.5 Å². The molecule has 0 amide bonds. The van der Waals surface area contributed by atoms with Gasteiger partial charge in [0.05, 0.1) is 12.3 Å². The Labute approximate surface area is 114 Å². The van der Waals surface area contributed by atoms with Crippen LogP contribution in [0.2, 0.25) is 5.02 Å². The van der Waals surface area contributed by atoms with Crippen molar-refractivity contribution in [2.24, 2.45) is 0 Å². The van der Waals surface area contributed by atoms with E-state index in [0.29, 0.717) is 5.02 Å². The number of benzene rings is 1. The predicted octanol–water partition coefficient (Wildman–Crippen LogP) is 5.26. The Hall–Kier alpha value is -0.930. The van der Waals surface area contributed by atoms with Crippen molar-refractivity contribution in [1.29, 1.82) is 0 Å². The van der Waals surface area contributed by atoms with Crippen LogP contribution in [0.15, 0.2) is 45.5 Å². The van der Waals surface area contributed by atoms with Crippen LogP contribution in [0.5, 0.6) is 0 Å².